The monoisotopic (exact) mass is 424 g/mol. The number of carbonyl (C=O) groups excluding carboxylic acids is 1. The number of methoxy groups -OCH3 is 2. The maximum absolute atomic E-state index is 12.7. The molecule has 15 heteroatoms. The van der Waals surface area contributed by atoms with E-state index in [4.69, 9.17) is 13.9 Å². The van der Waals surface area contributed by atoms with Gasteiger partial charge in [-0.15, -0.1) is 10.2 Å². The molecule has 0 aliphatic heterocycles. The van der Waals surface area contributed by atoms with Gasteiger partial charge >= 0.3 is 6.03 Å². The number of nitrogens with zero attached hydrogens (tertiary/aromatic N) is 6. The molecule has 3 heterocycles. The fraction of sp³-hybridized carbons (Fsp3) is 0.286. The van der Waals surface area contributed by atoms with Crippen LogP contribution in [0.3, 0.4) is 0 Å². The van der Waals surface area contributed by atoms with Crippen molar-refractivity contribution in [3.05, 3.63) is 18.2 Å². The van der Waals surface area contributed by atoms with Crippen LogP contribution in [0.4, 0.5) is 10.7 Å². The summed E-state index contributed by atoms with van der Waals surface area (Å²) in [5.74, 6) is 0.164. The quantitative estimate of drug-likeness (QED) is 0.548. The molecule has 0 aliphatic carbocycles. The van der Waals surface area contributed by atoms with Crippen LogP contribution in [0, 0.1) is 6.92 Å². The summed E-state index contributed by atoms with van der Waals surface area (Å²) in [6, 6.07) is 0.267. The van der Waals surface area contributed by atoms with Crippen molar-refractivity contribution in [3.63, 3.8) is 0 Å². The van der Waals surface area contributed by atoms with Gasteiger partial charge in [-0.3, -0.25) is 10.00 Å². The van der Waals surface area contributed by atoms with E-state index in [9.17, 15) is 13.2 Å². The molecule has 14 nitrogen and oxygen atoms in total. The highest BCUT2D eigenvalue weighted by molar-refractivity contribution is 7.90. The number of aryl methyl sites for hydroxylation is 2. The molecule has 0 aliphatic rings. The maximum atomic E-state index is 12.7. The van der Waals surface area contributed by atoms with Crippen molar-refractivity contribution in [3.8, 4) is 23.2 Å². The van der Waals surface area contributed by atoms with Crippen molar-refractivity contribution in [1.82, 2.24) is 34.7 Å². The highest BCUT2D eigenvalue weighted by atomic mass is 32.2. The van der Waals surface area contributed by atoms with Gasteiger partial charge < -0.3 is 13.9 Å². The van der Waals surface area contributed by atoms with Crippen molar-refractivity contribution < 1.29 is 27.1 Å². The van der Waals surface area contributed by atoms with Crippen molar-refractivity contribution in [2.24, 2.45) is 7.05 Å². The van der Waals surface area contributed by atoms with Gasteiger partial charge in [-0.2, -0.15) is 23.5 Å². The van der Waals surface area contributed by atoms with E-state index < -0.39 is 16.1 Å². The minimum atomic E-state index is -4.38. The smallest absolute Gasteiger partial charge is 0.335 e. The highest BCUT2D eigenvalue weighted by Crippen LogP contribution is 2.25. The van der Waals surface area contributed by atoms with Gasteiger partial charge in [0, 0.05) is 14.0 Å². The number of aromatic nitrogens is 6. The normalized spacial score (nSPS) is 11.2. The third-order valence-corrected chi connectivity index (χ3v) is 4.89. The molecule has 2 amide bonds. The Morgan fingerprint density at radius 2 is 1.83 bits per heavy atom. The minimum Gasteiger partial charge on any atom is -0.481 e. The Hall–Kier alpha value is -3.75. The standard InChI is InChI=1S/C14H16N8O6S/c1-7-19-20-11(28-7)8-6-15-22(2)12(8)29(24,25)21-14(23)18-13-16-9(26-3)5-10(17-13)27-4/h5-6H,1-4H3,(H2,16,17,18,21,23). The number of urea groups is 1. The van der Waals surface area contributed by atoms with E-state index in [-0.39, 0.29) is 40.1 Å². The Morgan fingerprint density at radius 3 is 2.38 bits per heavy atom. The first-order valence-electron chi connectivity index (χ1n) is 7.87. The Labute approximate surface area is 164 Å². The number of amides is 2. The Kier molecular flexibility index (Phi) is 5.31. The molecule has 0 unspecified atom stereocenters. The van der Waals surface area contributed by atoms with E-state index >= 15 is 0 Å². The summed E-state index contributed by atoms with van der Waals surface area (Å²) in [5.41, 5.74) is 0.0349. The number of rotatable bonds is 6. The molecular weight excluding hydrogens is 408 g/mol. The molecule has 0 saturated carbocycles. The number of carbonyl (C=O) groups is 1. The second-order valence-electron chi connectivity index (χ2n) is 5.45. The summed E-state index contributed by atoms with van der Waals surface area (Å²) in [4.78, 5) is 20.0. The van der Waals surface area contributed by atoms with Crippen LogP contribution in [0.5, 0.6) is 11.8 Å². The SMILES string of the molecule is COc1cc(OC)nc(NC(=O)NS(=O)(=O)c2c(-c3nnc(C)o3)cnn2C)n1. The Morgan fingerprint density at radius 1 is 1.17 bits per heavy atom. The number of anilines is 1. The second kappa shape index (κ2) is 7.70. The van der Waals surface area contributed by atoms with Gasteiger partial charge in [0.05, 0.1) is 32.0 Å². The Bertz CT molecular complexity index is 1130. The average molecular weight is 424 g/mol. The predicted octanol–water partition coefficient (Wildman–Crippen LogP) is 0.0961. The summed E-state index contributed by atoms with van der Waals surface area (Å²) < 4.78 is 43.6. The van der Waals surface area contributed by atoms with Gasteiger partial charge in [0.1, 0.15) is 0 Å². The number of hydrogen-bond acceptors (Lipinski definition) is 11. The van der Waals surface area contributed by atoms with Crippen LogP contribution in [-0.4, -0.2) is 58.6 Å². The zero-order chi connectivity index (χ0) is 21.2. The summed E-state index contributed by atoms with van der Waals surface area (Å²) in [6.07, 6.45) is 1.23. The predicted molar refractivity (Wildman–Crippen MR) is 95.7 cm³/mol. The lowest BCUT2D eigenvalue weighted by Crippen LogP contribution is -2.36. The number of sulfonamides is 1. The van der Waals surface area contributed by atoms with Crippen molar-refractivity contribution in [2.45, 2.75) is 11.9 Å². The molecule has 0 radical (unpaired) electrons. The largest absolute Gasteiger partial charge is 0.481 e. The highest BCUT2D eigenvalue weighted by Gasteiger charge is 2.29. The Balaban J connectivity index is 1.85. The molecule has 0 fully saturated rings. The van der Waals surface area contributed by atoms with Crippen molar-refractivity contribution >= 4 is 22.0 Å². The van der Waals surface area contributed by atoms with E-state index in [2.05, 4.69) is 30.6 Å². The third kappa shape index (κ3) is 4.23. The first kappa shape index (κ1) is 20.0. The van der Waals surface area contributed by atoms with Crippen LogP contribution < -0.4 is 19.5 Å². The van der Waals surface area contributed by atoms with E-state index in [1.807, 2.05) is 4.72 Å². The van der Waals surface area contributed by atoms with Crippen LogP contribution in [-0.2, 0) is 17.1 Å². The van der Waals surface area contributed by atoms with Gasteiger partial charge in [-0.1, -0.05) is 0 Å². The van der Waals surface area contributed by atoms with Gasteiger partial charge in [0.25, 0.3) is 15.9 Å². The molecule has 0 atom stereocenters. The summed E-state index contributed by atoms with van der Waals surface area (Å²) in [7, 11) is -0.270. The lowest BCUT2D eigenvalue weighted by Gasteiger charge is -2.10. The third-order valence-electron chi connectivity index (χ3n) is 3.45. The molecule has 0 aromatic carbocycles. The van der Waals surface area contributed by atoms with Gasteiger partial charge in [-0.05, 0) is 0 Å². The van der Waals surface area contributed by atoms with Gasteiger partial charge in [0.15, 0.2) is 5.03 Å². The van der Waals surface area contributed by atoms with Crippen LogP contribution in [0.25, 0.3) is 11.5 Å². The number of hydrogen-bond donors (Lipinski definition) is 2. The molecule has 3 rings (SSSR count). The molecule has 0 saturated heterocycles. The summed E-state index contributed by atoms with van der Waals surface area (Å²) in [5, 5.41) is 13.2. The van der Waals surface area contributed by atoms with E-state index in [0.29, 0.717) is 0 Å². The molecule has 29 heavy (non-hydrogen) atoms. The topological polar surface area (TPSA) is 176 Å². The summed E-state index contributed by atoms with van der Waals surface area (Å²) in [6.45, 7) is 1.55. The molecule has 154 valence electrons. The number of nitrogens with one attached hydrogen (secondary N) is 2. The number of ether oxygens (including phenoxy) is 2. The van der Waals surface area contributed by atoms with E-state index in [1.54, 1.807) is 6.92 Å². The summed E-state index contributed by atoms with van der Waals surface area (Å²) >= 11 is 0. The molecular formula is C14H16N8O6S. The first-order valence-corrected chi connectivity index (χ1v) is 9.35. The van der Waals surface area contributed by atoms with E-state index in [0.717, 1.165) is 4.68 Å². The maximum Gasteiger partial charge on any atom is 0.335 e. The molecule has 3 aromatic heterocycles. The molecule has 0 bridgehead atoms. The zero-order valence-electron chi connectivity index (χ0n) is 15.7. The first-order chi connectivity index (χ1) is 13.7. The van der Waals surface area contributed by atoms with E-state index in [1.165, 1.54) is 33.5 Å². The zero-order valence-corrected chi connectivity index (χ0v) is 16.5. The van der Waals surface area contributed by atoms with Gasteiger partial charge in [0.2, 0.25) is 23.6 Å². The fourth-order valence-electron chi connectivity index (χ4n) is 2.26. The van der Waals surface area contributed by atoms with Crippen molar-refractivity contribution in [1.29, 1.82) is 0 Å². The molecule has 0 spiro atoms. The lowest BCUT2D eigenvalue weighted by molar-refractivity contribution is 0.256. The average Bonchev–Trinajstić information content (AvgIpc) is 3.26. The molecule has 3 aromatic rings. The fourth-order valence-corrected chi connectivity index (χ4v) is 3.48. The van der Waals surface area contributed by atoms with Gasteiger partial charge in [-0.25, -0.2) is 9.52 Å². The van der Waals surface area contributed by atoms with Crippen LogP contribution in [0.1, 0.15) is 5.89 Å². The van der Waals surface area contributed by atoms with Crippen LogP contribution in [0.2, 0.25) is 0 Å². The minimum absolute atomic E-state index is 0.0349. The lowest BCUT2D eigenvalue weighted by atomic mass is 10.4. The van der Waals surface area contributed by atoms with Crippen LogP contribution in [0.15, 0.2) is 21.7 Å². The van der Waals surface area contributed by atoms with Crippen LogP contribution >= 0.6 is 0 Å². The van der Waals surface area contributed by atoms with Crippen molar-refractivity contribution in [2.75, 3.05) is 19.5 Å². The second-order valence-corrected chi connectivity index (χ2v) is 7.05. The molecule has 2 N–H and O–H groups in total.